The summed E-state index contributed by atoms with van der Waals surface area (Å²) in [4.78, 5) is 2.22. The third-order valence-electron chi connectivity index (χ3n) is 2.36. The normalized spacial score (nSPS) is 22.4. The molecule has 2 rings (SSSR count). The molecular weight excluding hydrogens is 178 g/mol. The monoisotopic (exact) mass is 193 g/mol. The largest absolute Gasteiger partial charge is 0.382 e. The molecule has 0 aliphatic carbocycles. The molecular formula is C9H15N5. The minimum absolute atomic E-state index is 0.469. The molecule has 2 heterocycles. The van der Waals surface area contributed by atoms with Crippen molar-refractivity contribution in [1.29, 1.82) is 0 Å². The van der Waals surface area contributed by atoms with E-state index in [-0.39, 0.29) is 0 Å². The van der Waals surface area contributed by atoms with Crippen LogP contribution >= 0.6 is 0 Å². The van der Waals surface area contributed by atoms with Crippen LogP contribution in [-0.4, -0.2) is 35.9 Å². The molecule has 1 fully saturated rings. The Bertz CT molecular complexity index is 297. The summed E-state index contributed by atoms with van der Waals surface area (Å²) in [6.45, 7) is 5.10. The molecule has 1 aromatic heterocycles. The number of hydrogen-bond acceptors (Lipinski definition) is 5. The van der Waals surface area contributed by atoms with Crippen molar-refractivity contribution in [1.82, 2.24) is 15.5 Å². The standard InChI is InChI=1S/C9H15N5/c1-7-6-14(5-4-11-7)9-3-2-8(10)12-13-9/h2-3,7,11H,4-6H2,1H3,(H2,10,12)/t7-/m0/s1. The van der Waals surface area contributed by atoms with Gasteiger partial charge in [-0.1, -0.05) is 0 Å². The van der Waals surface area contributed by atoms with Gasteiger partial charge < -0.3 is 16.0 Å². The molecule has 1 atom stereocenters. The van der Waals surface area contributed by atoms with E-state index in [2.05, 4.69) is 27.3 Å². The summed E-state index contributed by atoms with van der Waals surface area (Å²) < 4.78 is 0. The molecule has 0 aromatic carbocycles. The number of piperazine rings is 1. The Morgan fingerprint density at radius 2 is 2.36 bits per heavy atom. The lowest BCUT2D eigenvalue weighted by molar-refractivity contribution is 0.481. The number of anilines is 2. The molecule has 5 nitrogen and oxygen atoms in total. The molecule has 14 heavy (non-hydrogen) atoms. The lowest BCUT2D eigenvalue weighted by Crippen LogP contribution is -2.49. The van der Waals surface area contributed by atoms with E-state index in [1.165, 1.54) is 0 Å². The van der Waals surface area contributed by atoms with Gasteiger partial charge in [-0.05, 0) is 19.1 Å². The summed E-state index contributed by atoms with van der Waals surface area (Å²) in [5, 5.41) is 11.3. The lowest BCUT2D eigenvalue weighted by atomic mass is 10.2. The molecule has 0 bridgehead atoms. The van der Waals surface area contributed by atoms with Crippen molar-refractivity contribution in [3.05, 3.63) is 12.1 Å². The maximum absolute atomic E-state index is 5.48. The smallest absolute Gasteiger partial charge is 0.151 e. The quantitative estimate of drug-likeness (QED) is 0.649. The fraction of sp³-hybridized carbons (Fsp3) is 0.556. The first-order valence-electron chi connectivity index (χ1n) is 4.83. The number of nitrogens with zero attached hydrogens (tertiary/aromatic N) is 3. The van der Waals surface area contributed by atoms with Crippen LogP contribution in [0.2, 0.25) is 0 Å². The zero-order valence-electron chi connectivity index (χ0n) is 8.27. The summed E-state index contributed by atoms with van der Waals surface area (Å²) in [6, 6.07) is 4.21. The van der Waals surface area contributed by atoms with Gasteiger partial charge in [-0.3, -0.25) is 0 Å². The molecule has 0 amide bonds. The molecule has 1 aliphatic rings. The van der Waals surface area contributed by atoms with Gasteiger partial charge in [-0.25, -0.2) is 0 Å². The third-order valence-corrected chi connectivity index (χ3v) is 2.36. The maximum atomic E-state index is 5.48. The van der Waals surface area contributed by atoms with Crippen LogP contribution in [0.1, 0.15) is 6.92 Å². The van der Waals surface area contributed by atoms with Crippen molar-refractivity contribution in [3.8, 4) is 0 Å². The highest BCUT2D eigenvalue weighted by Crippen LogP contribution is 2.12. The Labute approximate surface area is 83.3 Å². The minimum Gasteiger partial charge on any atom is -0.382 e. The molecule has 5 heteroatoms. The summed E-state index contributed by atoms with van der Waals surface area (Å²) in [6.07, 6.45) is 0. The first-order chi connectivity index (χ1) is 6.75. The van der Waals surface area contributed by atoms with Crippen LogP contribution in [0.25, 0.3) is 0 Å². The summed E-state index contributed by atoms with van der Waals surface area (Å²) in [5.41, 5.74) is 5.48. The number of nitrogens with two attached hydrogens (primary N) is 1. The number of hydrogen-bond donors (Lipinski definition) is 2. The van der Waals surface area contributed by atoms with Gasteiger partial charge in [-0.15, -0.1) is 10.2 Å². The highest BCUT2D eigenvalue weighted by atomic mass is 15.3. The molecule has 1 aliphatic heterocycles. The van der Waals surface area contributed by atoms with Gasteiger partial charge in [0.05, 0.1) is 0 Å². The van der Waals surface area contributed by atoms with E-state index >= 15 is 0 Å². The highest BCUT2D eigenvalue weighted by Gasteiger charge is 2.16. The van der Waals surface area contributed by atoms with Crippen molar-refractivity contribution < 1.29 is 0 Å². The van der Waals surface area contributed by atoms with Gasteiger partial charge in [-0.2, -0.15) is 0 Å². The SMILES string of the molecule is C[C@H]1CN(c2ccc(N)nn2)CCN1. The van der Waals surface area contributed by atoms with Gasteiger partial charge in [0.1, 0.15) is 5.82 Å². The highest BCUT2D eigenvalue weighted by molar-refractivity contribution is 5.41. The number of nitrogens with one attached hydrogen (secondary N) is 1. The van der Waals surface area contributed by atoms with E-state index in [1.54, 1.807) is 6.07 Å². The van der Waals surface area contributed by atoms with Crippen LogP contribution < -0.4 is 16.0 Å². The Morgan fingerprint density at radius 1 is 1.50 bits per heavy atom. The lowest BCUT2D eigenvalue weighted by Gasteiger charge is -2.32. The second kappa shape index (κ2) is 3.79. The van der Waals surface area contributed by atoms with Crippen molar-refractivity contribution in [3.63, 3.8) is 0 Å². The van der Waals surface area contributed by atoms with Crippen LogP contribution in [0.15, 0.2) is 12.1 Å². The second-order valence-corrected chi connectivity index (χ2v) is 3.62. The van der Waals surface area contributed by atoms with Gasteiger partial charge in [0.15, 0.2) is 5.82 Å². The summed E-state index contributed by atoms with van der Waals surface area (Å²) in [5.74, 6) is 1.38. The first-order valence-corrected chi connectivity index (χ1v) is 4.83. The van der Waals surface area contributed by atoms with Crippen molar-refractivity contribution in [2.45, 2.75) is 13.0 Å². The van der Waals surface area contributed by atoms with Crippen LogP contribution in [0.3, 0.4) is 0 Å². The van der Waals surface area contributed by atoms with Gasteiger partial charge in [0, 0.05) is 25.7 Å². The van der Waals surface area contributed by atoms with E-state index in [0.717, 1.165) is 25.5 Å². The van der Waals surface area contributed by atoms with Crippen LogP contribution in [0.5, 0.6) is 0 Å². The van der Waals surface area contributed by atoms with Gasteiger partial charge in [0.25, 0.3) is 0 Å². The predicted molar refractivity (Wildman–Crippen MR) is 56.1 cm³/mol. The molecule has 1 aromatic rings. The topological polar surface area (TPSA) is 67.1 Å². The fourth-order valence-electron chi connectivity index (χ4n) is 1.64. The zero-order chi connectivity index (χ0) is 9.97. The first kappa shape index (κ1) is 9.21. The minimum atomic E-state index is 0.469. The van der Waals surface area contributed by atoms with E-state index in [0.29, 0.717) is 11.9 Å². The molecule has 0 spiro atoms. The summed E-state index contributed by atoms with van der Waals surface area (Å²) in [7, 11) is 0. The Kier molecular flexibility index (Phi) is 2.49. The molecule has 76 valence electrons. The van der Waals surface area contributed by atoms with E-state index in [1.807, 2.05) is 6.07 Å². The van der Waals surface area contributed by atoms with E-state index in [4.69, 9.17) is 5.73 Å². The fourth-order valence-corrected chi connectivity index (χ4v) is 1.64. The van der Waals surface area contributed by atoms with Crippen LogP contribution in [-0.2, 0) is 0 Å². The molecule has 3 N–H and O–H groups in total. The van der Waals surface area contributed by atoms with Crippen LogP contribution in [0, 0.1) is 0 Å². The van der Waals surface area contributed by atoms with Crippen LogP contribution in [0.4, 0.5) is 11.6 Å². The number of rotatable bonds is 1. The van der Waals surface area contributed by atoms with Crippen molar-refractivity contribution >= 4 is 11.6 Å². The zero-order valence-corrected chi connectivity index (χ0v) is 8.27. The van der Waals surface area contributed by atoms with Crippen molar-refractivity contribution in [2.24, 2.45) is 0 Å². The molecule has 0 unspecified atom stereocenters. The number of aromatic nitrogens is 2. The summed E-state index contributed by atoms with van der Waals surface area (Å²) >= 11 is 0. The Hall–Kier alpha value is -1.36. The Balaban J connectivity index is 2.10. The molecule has 0 saturated carbocycles. The van der Waals surface area contributed by atoms with E-state index < -0.39 is 0 Å². The number of nitrogen functional groups attached to an aromatic ring is 1. The Morgan fingerprint density at radius 3 is 3.00 bits per heavy atom. The maximum Gasteiger partial charge on any atom is 0.151 e. The predicted octanol–water partition coefficient (Wildman–Crippen LogP) is -0.143. The van der Waals surface area contributed by atoms with E-state index in [9.17, 15) is 0 Å². The van der Waals surface area contributed by atoms with Gasteiger partial charge >= 0.3 is 0 Å². The average Bonchev–Trinajstić information content (AvgIpc) is 2.19. The second-order valence-electron chi connectivity index (χ2n) is 3.62. The molecule has 1 saturated heterocycles. The average molecular weight is 193 g/mol. The van der Waals surface area contributed by atoms with Gasteiger partial charge in [0.2, 0.25) is 0 Å². The third kappa shape index (κ3) is 1.93. The van der Waals surface area contributed by atoms with Crippen molar-refractivity contribution in [2.75, 3.05) is 30.3 Å². The molecule has 0 radical (unpaired) electrons.